The number of rotatable bonds is 2. The fourth-order valence-corrected chi connectivity index (χ4v) is 1.78. The van der Waals surface area contributed by atoms with Crippen LogP contribution in [0.5, 0.6) is 0 Å². The molecule has 0 aliphatic heterocycles. The molecular weight excluding hydrogens is 196 g/mol. The van der Waals surface area contributed by atoms with Crippen LogP contribution in [0, 0.1) is 6.92 Å². The van der Waals surface area contributed by atoms with Crippen LogP contribution < -0.4 is 0 Å². The van der Waals surface area contributed by atoms with Gasteiger partial charge in [0.25, 0.3) is 0 Å². The first-order valence-electron chi connectivity index (χ1n) is 5.35. The van der Waals surface area contributed by atoms with Crippen LogP contribution in [0.25, 0.3) is 11.1 Å². The lowest BCUT2D eigenvalue weighted by molar-refractivity contribution is 0.101. The molecule has 16 heavy (non-hydrogen) atoms. The summed E-state index contributed by atoms with van der Waals surface area (Å²) in [6.45, 7) is 3.68. The Kier molecular flexibility index (Phi) is 2.86. The average molecular weight is 210 g/mol. The quantitative estimate of drug-likeness (QED) is 0.688. The highest BCUT2D eigenvalue weighted by atomic mass is 16.1. The van der Waals surface area contributed by atoms with E-state index in [1.807, 2.05) is 36.4 Å². The third-order valence-corrected chi connectivity index (χ3v) is 2.75. The van der Waals surface area contributed by atoms with Crippen molar-refractivity contribution in [3.8, 4) is 11.1 Å². The van der Waals surface area contributed by atoms with Crippen LogP contribution in [-0.4, -0.2) is 5.78 Å². The van der Waals surface area contributed by atoms with E-state index in [2.05, 4.69) is 19.1 Å². The Hall–Kier alpha value is -1.89. The zero-order valence-corrected chi connectivity index (χ0v) is 9.53. The van der Waals surface area contributed by atoms with E-state index >= 15 is 0 Å². The van der Waals surface area contributed by atoms with Gasteiger partial charge in [0.05, 0.1) is 0 Å². The first-order valence-corrected chi connectivity index (χ1v) is 5.35. The molecule has 0 amide bonds. The molecule has 1 heteroatoms. The molecule has 0 atom stereocenters. The summed E-state index contributed by atoms with van der Waals surface area (Å²) >= 11 is 0. The maximum atomic E-state index is 11.2. The van der Waals surface area contributed by atoms with Crippen LogP contribution >= 0.6 is 0 Å². The highest BCUT2D eigenvalue weighted by molar-refractivity contribution is 5.94. The molecule has 0 aliphatic rings. The Labute approximate surface area is 95.7 Å². The van der Waals surface area contributed by atoms with Gasteiger partial charge in [0.1, 0.15) is 0 Å². The van der Waals surface area contributed by atoms with Crippen molar-refractivity contribution < 1.29 is 4.79 Å². The van der Waals surface area contributed by atoms with E-state index in [9.17, 15) is 4.79 Å². The zero-order chi connectivity index (χ0) is 11.5. The van der Waals surface area contributed by atoms with Crippen molar-refractivity contribution in [3.63, 3.8) is 0 Å². The Morgan fingerprint density at radius 3 is 2.12 bits per heavy atom. The molecule has 0 heterocycles. The van der Waals surface area contributed by atoms with Crippen molar-refractivity contribution in [2.45, 2.75) is 13.8 Å². The summed E-state index contributed by atoms with van der Waals surface area (Å²) < 4.78 is 0. The number of benzene rings is 2. The van der Waals surface area contributed by atoms with Crippen molar-refractivity contribution in [2.75, 3.05) is 0 Å². The van der Waals surface area contributed by atoms with Crippen LogP contribution in [-0.2, 0) is 0 Å². The topological polar surface area (TPSA) is 17.1 Å². The van der Waals surface area contributed by atoms with Crippen molar-refractivity contribution in [1.82, 2.24) is 0 Å². The van der Waals surface area contributed by atoms with E-state index in [-0.39, 0.29) is 5.78 Å². The summed E-state index contributed by atoms with van der Waals surface area (Å²) in [5.41, 5.74) is 4.39. The van der Waals surface area contributed by atoms with Gasteiger partial charge in [-0.15, -0.1) is 0 Å². The smallest absolute Gasteiger partial charge is 0.159 e. The van der Waals surface area contributed by atoms with Gasteiger partial charge in [0.2, 0.25) is 0 Å². The summed E-state index contributed by atoms with van der Waals surface area (Å²) in [6, 6.07) is 16.0. The summed E-state index contributed by atoms with van der Waals surface area (Å²) in [5, 5.41) is 0. The summed E-state index contributed by atoms with van der Waals surface area (Å²) in [4.78, 5) is 11.2. The van der Waals surface area contributed by atoms with Crippen LogP contribution in [0.2, 0.25) is 0 Å². The number of hydrogen-bond donors (Lipinski definition) is 0. The molecule has 80 valence electrons. The zero-order valence-electron chi connectivity index (χ0n) is 9.53. The number of Topliss-reactive ketones (excluding diaryl/α,β-unsaturated/α-hetero) is 1. The van der Waals surface area contributed by atoms with E-state index in [1.54, 1.807) is 6.92 Å². The SMILES string of the molecule is CC(=O)c1ccc(-c2ccccc2C)cc1. The maximum absolute atomic E-state index is 11.2. The maximum Gasteiger partial charge on any atom is 0.159 e. The second-order valence-corrected chi connectivity index (χ2v) is 3.95. The third-order valence-electron chi connectivity index (χ3n) is 2.75. The highest BCUT2D eigenvalue weighted by Crippen LogP contribution is 2.23. The Morgan fingerprint density at radius 2 is 1.56 bits per heavy atom. The molecule has 0 unspecified atom stereocenters. The van der Waals surface area contributed by atoms with Crippen LogP contribution in [0.15, 0.2) is 48.5 Å². The van der Waals surface area contributed by atoms with Gasteiger partial charge >= 0.3 is 0 Å². The van der Waals surface area contributed by atoms with Crippen molar-refractivity contribution in [2.24, 2.45) is 0 Å². The Balaban J connectivity index is 2.43. The number of ketones is 1. The molecular formula is C15H14O. The molecule has 0 saturated heterocycles. The summed E-state index contributed by atoms with van der Waals surface area (Å²) in [5.74, 6) is 0.108. The number of carbonyl (C=O) groups is 1. The number of hydrogen-bond acceptors (Lipinski definition) is 1. The Bertz CT molecular complexity index is 509. The van der Waals surface area contributed by atoms with Gasteiger partial charge in [-0.25, -0.2) is 0 Å². The molecule has 1 nitrogen and oxygen atoms in total. The molecule has 2 aromatic carbocycles. The van der Waals surface area contributed by atoms with Gasteiger partial charge in [-0.1, -0.05) is 48.5 Å². The number of aryl methyl sites for hydroxylation is 1. The molecule has 0 radical (unpaired) electrons. The minimum absolute atomic E-state index is 0.108. The first kappa shape index (κ1) is 10.6. The minimum atomic E-state index is 0.108. The summed E-state index contributed by atoms with van der Waals surface area (Å²) in [6.07, 6.45) is 0. The summed E-state index contributed by atoms with van der Waals surface area (Å²) in [7, 11) is 0. The van der Waals surface area contributed by atoms with Crippen LogP contribution in [0.3, 0.4) is 0 Å². The molecule has 0 fully saturated rings. The lowest BCUT2D eigenvalue weighted by Gasteiger charge is -2.05. The van der Waals surface area contributed by atoms with Gasteiger partial charge in [0.15, 0.2) is 5.78 Å². The predicted molar refractivity (Wildman–Crippen MR) is 66.6 cm³/mol. The van der Waals surface area contributed by atoms with E-state index < -0.39 is 0 Å². The monoisotopic (exact) mass is 210 g/mol. The average Bonchev–Trinajstić information content (AvgIpc) is 2.30. The molecule has 0 spiro atoms. The van der Waals surface area contributed by atoms with E-state index in [0.717, 1.165) is 11.1 Å². The molecule has 2 aromatic rings. The highest BCUT2D eigenvalue weighted by Gasteiger charge is 2.02. The largest absolute Gasteiger partial charge is 0.295 e. The van der Waals surface area contributed by atoms with Crippen LogP contribution in [0.1, 0.15) is 22.8 Å². The van der Waals surface area contributed by atoms with E-state index in [0.29, 0.717) is 0 Å². The number of carbonyl (C=O) groups excluding carboxylic acids is 1. The van der Waals surface area contributed by atoms with Gasteiger partial charge in [-0.3, -0.25) is 4.79 Å². The lowest BCUT2D eigenvalue weighted by Crippen LogP contribution is -1.91. The second kappa shape index (κ2) is 4.31. The van der Waals surface area contributed by atoms with Crippen molar-refractivity contribution in [3.05, 3.63) is 59.7 Å². The van der Waals surface area contributed by atoms with E-state index in [1.165, 1.54) is 11.1 Å². The normalized spacial score (nSPS) is 10.1. The molecule has 0 aliphatic carbocycles. The van der Waals surface area contributed by atoms with Gasteiger partial charge in [-0.2, -0.15) is 0 Å². The third kappa shape index (κ3) is 2.03. The molecule has 0 N–H and O–H groups in total. The lowest BCUT2D eigenvalue weighted by atomic mass is 9.99. The fourth-order valence-electron chi connectivity index (χ4n) is 1.78. The predicted octanol–water partition coefficient (Wildman–Crippen LogP) is 3.86. The minimum Gasteiger partial charge on any atom is -0.295 e. The van der Waals surface area contributed by atoms with Gasteiger partial charge < -0.3 is 0 Å². The van der Waals surface area contributed by atoms with Crippen molar-refractivity contribution >= 4 is 5.78 Å². The van der Waals surface area contributed by atoms with Gasteiger partial charge in [-0.05, 0) is 30.5 Å². The molecule has 2 rings (SSSR count). The van der Waals surface area contributed by atoms with E-state index in [4.69, 9.17) is 0 Å². The van der Waals surface area contributed by atoms with Crippen LogP contribution in [0.4, 0.5) is 0 Å². The Morgan fingerprint density at radius 1 is 0.938 bits per heavy atom. The first-order chi connectivity index (χ1) is 7.68. The fraction of sp³-hybridized carbons (Fsp3) is 0.133. The second-order valence-electron chi connectivity index (χ2n) is 3.95. The molecule has 0 saturated carbocycles. The molecule has 0 bridgehead atoms. The standard InChI is InChI=1S/C15H14O/c1-11-5-3-4-6-15(11)14-9-7-13(8-10-14)12(2)16/h3-10H,1-2H3. The molecule has 0 aromatic heterocycles. The van der Waals surface area contributed by atoms with Crippen molar-refractivity contribution in [1.29, 1.82) is 0 Å². The van der Waals surface area contributed by atoms with Gasteiger partial charge in [0, 0.05) is 5.56 Å².